The number of methoxy groups -OCH3 is 1. The topological polar surface area (TPSA) is 45.7 Å². The van der Waals surface area contributed by atoms with Gasteiger partial charge in [-0.15, -0.1) is 11.3 Å². The van der Waals surface area contributed by atoms with Crippen molar-refractivity contribution < 1.29 is 13.9 Å². The van der Waals surface area contributed by atoms with Crippen LogP contribution in [0.25, 0.3) is 10.6 Å². The van der Waals surface area contributed by atoms with Crippen molar-refractivity contribution in [2.75, 3.05) is 38.2 Å². The first-order valence-corrected chi connectivity index (χ1v) is 10.3. The van der Waals surface area contributed by atoms with Gasteiger partial charge in [0.1, 0.15) is 16.6 Å². The first-order valence-electron chi connectivity index (χ1n) is 9.50. The molecular weight excluding hydrogens is 389 g/mol. The second-order valence-electron chi connectivity index (χ2n) is 6.85. The second kappa shape index (κ2) is 8.61. The van der Waals surface area contributed by atoms with E-state index < -0.39 is 0 Å². The molecule has 1 aliphatic rings. The highest BCUT2D eigenvalue weighted by molar-refractivity contribution is 7.15. The van der Waals surface area contributed by atoms with Crippen molar-refractivity contribution in [1.82, 2.24) is 9.88 Å². The zero-order valence-electron chi connectivity index (χ0n) is 16.2. The normalized spacial score (nSPS) is 14.1. The Labute approximate surface area is 173 Å². The van der Waals surface area contributed by atoms with Crippen molar-refractivity contribution >= 4 is 22.9 Å². The maximum atomic E-state index is 13.9. The maximum Gasteiger partial charge on any atom is 0.228 e. The molecule has 0 unspecified atom stereocenters. The van der Waals surface area contributed by atoms with Crippen LogP contribution in [0.1, 0.15) is 4.88 Å². The van der Waals surface area contributed by atoms with Crippen LogP contribution >= 0.6 is 11.3 Å². The molecule has 1 aromatic heterocycles. The molecule has 2 aromatic carbocycles. The van der Waals surface area contributed by atoms with Gasteiger partial charge in [-0.3, -0.25) is 4.79 Å². The molecule has 0 N–H and O–H groups in total. The minimum absolute atomic E-state index is 0.0862. The lowest BCUT2D eigenvalue weighted by molar-refractivity contribution is -0.130. The van der Waals surface area contributed by atoms with Crippen LogP contribution in [0.3, 0.4) is 0 Å². The molecule has 3 aromatic rings. The minimum atomic E-state index is -0.297. The van der Waals surface area contributed by atoms with Gasteiger partial charge in [0, 0.05) is 48.5 Å². The Hall–Kier alpha value is -2.93. The van der Waals surface area contributed by atoms with E-state index in [1.807, 2.05) is 29.2 Å². The van der Waals surface area contributed by atoms with Gasteiger partial charge >= 0.3 is 0 Å². The van der Waals surface area contributed by atoms with Gasteiger partial charge in [-0.05, 0) is 36.4 Å². The van der Waals surface area contributed by atoms with E-state index in [-0.39, 0.29) is 11.7 Å². The number of rotatable bonds is 5. The predicted molar refractivity (Wildman–Crippen MR) is 113 cm³/mol. The largest absolute Gasteiger partial charge is 0.497 e. The zero-order valence-corrected chi connectivity index (χ0v) is 17.0. The fourth-order valence-corrected chi connectivity index (χ4v) is 4.35. The lowest BCUT2D eigenvalue weighted by Crippen LogP contribution is -2.49. The number of halogens is 1. The van der Waals surface area contributed by atoms with Crippen LogP contribution in [-0.2, 0) is 11.2 Å². The average molecular weight is 412 g/mol. The number of ether oxygens (including phenoxy) is 1. The number of hydrogen-bond acceptors (Lipinski definition) is 5. The Bertz CT molecular complexity index is 982. The number of anilines is 1. The number of aromatic nitrogens is 1. The van der Waals surface area contributed by atoms with Gasteiger partial charge in [0.05, 0.1) is 13.5 Å². The van der Waals surface area contributed by atoms with Crippen molar-refractivity contribution in [2.24, 2.45) is 0 Å². The number of thiazole rings is 1. The summed E-state index contributed by atoms with van der Waals surface area (Å²) in [5, 5.41) is 0.607. The van der Waals surface area contributed by atoms with E-state index in [9.17, 15) is 9.18 Å². The van der Waals surface area contributed by atoms with Gasteiger partial charge < -0.3 is 14.5 Å². The molecule has 1 saturated heterocycles. The van der Waals surface area contributed by atoms with Crippen molar-refractivity contribution in [3.05, 3.63) is 65.4 Å². The van der Waals surface area contributed by atoms with Gasteiger partial charge in [0.15, 0.2) is 0 Å². The number of amides is 1. The fraction of sp³-hybridized carbons (Fsp3) is 0.273. The molecule has 7 heteroatoms. The third-order valence-corrected chi connectivity index (χ3v) is 6.08. The van der Waals surface area contributed by atoms with Crippen molar-refractivity contribution in [3.8, 4) is 16.3 Å². The molecule has 29 heavy (non-hydrogen) atoms. The molecule has 2 heterocycles. The third-order valence-electron chi connectivity index (χ3n) is 5.05. The summed E-state index contributed by atoms with van der Waals surface area (Å²) >= 11 is 1.37. The summed E-state index contributed by atoms with van der Waals surface area (Å²) in [5.41, 5.74) is 1.61. The number of benzene rings is 2. The standard InChI is InChI=1S/C22H22FN3O2S/c1-28-17-8-6-16(7-9-17)25-10-12-26(13-11-25)21(27)14-18-15-24-22(29-18)19-4-2-3-5-20(19)23/h2-9,15H,10-14H2,1H3. The van der Waals surface area contributed by atoms with Crippen molar-refractivity contribution in [3.63, 3.8) is 0 Å². The lowest BCUT2D eigenvalue weighted by Gasteiger charge is -2.36. The monoisotopic (exact) mass is 411 g/mol. The zero-order chi connectivity index (χ0) is 20.2. The van der Waals surface area contributed by atoms with E-state index in [2.05, 4.69) is 9.88 Å². The number of hydrogen-bond donors (Lipinski definition) is 0. The number of nitrogens with zero attached hydrogens (tertiary/aromatic N) is 3. The molecule has 150 valence electrons. The Morgan fingerprint density at radius 2 is 1.83 bits per heavy atom. The molecule has 0 atom stereocenters. The smallest absolute Gasteiger partial charge is 0.228 e. The molecule has 1 fully saturated rings. The summed E-state index contributed by atoms with van der Waals surface area (Å²) < 4.78 is 19.1. The fourth-order valence-electron chi connectivity index (χ4n) is 3.42. The van der Waals surface area contributed by atoms with Gasteiger partial charge in [-0.1, -0.05) is 12.1 Å². The summed E-state index contributed by atoms with van der Waals surface area (Å²) in [5.74, 6) is 0.624. The molecule has 0 spiro atoms. The average Bonchev–Trinajstić information content (AvgIpc) is 3.22. The highest BCUT2D eigenvalue weighted by Crippen LogP contribution is 2.28. The SMILES string of the molecule is COc1ccc(N2CCN(C(=O)Cc3cnc(-c4ccccc4F)s3)CC2)cc1. The maximum absolute atomic E-state index is 13.9. The second-order valence-corrected chi connectivity index (χ2v) is 7.97. The third kappa shape index (κ3) is 4.40. The molecule has 1 aliphatic heterocycles. The lowest BCUT2D eigenvalue weighted by atomic mass is 10.2. The first-order chi connectivity index (χ1) is 14.1. The van der Waals surface area contributed by atoms with Crippen LogP contribution in [-0.4, -0.2) is 49.1 Å². The molecule has 1 amide bonds. The highest BCUT2D eigenvalue weighted by atomic mass is 32.1. The van der Waals surface area contributed by atoms with E-state index in [4.69, 9.17) is 4.74 Å². The summed E-state index contributed by atoms with van der Waals surface area (Å²) in [6.07, 6.45) is 1.98. The molecule has 0 saturated carbocycles. The van der Waals surface area contributed by atoms with Gasteiger partial charge in [-0.25, -0.2) is 9.37 Å². The first kappa shape index (κ1) is 19.4. The van der Waals surface area contributed by atoms with Gasteiger partial charge in [0.25, 0.3) is 0 Å². The van der Waals surface area contributed by atoms with Crippen LogP contribution in [0.15, 0.2) is 54.7 Å². The summed E-state index contributed by atoms with van der Waals surface area (Å²) in [7, 11) is 1.65. The van der Waals surface area contributed by atoms with Crippen LogP contribution in [0.5, 0.6) is 5.75 Å². The Morgan fingerprint density at radius 3 is 2.52 bits per heavy atom. The minimum Gasteiger partial charge on any atom is -0.497 e. The van der Waals surface area contributed by atoms with E-state index >= 15 is 0 Å². The molecular formula is C22H22FN3O2S. The highest BCUT2D eigenvalue weighted by Gasteiger charge is 2.22. The summed E-state index contributed by atoms with van der Waals surface area (Å²) in [6.45, 7) is 2.95. The Balaban J connectivity index is 1.34. The number of carbonyl (C=O) groups excluding carboxylic acids is 1. The van der Waals surface area contributed by atoms with Crippen LogP contribution in [0.4, 0.5) is 10.1 Å². The summed E-state index contributed by atoms with van der Waals surface area (Å²) in [6, 6.07) is 14.5. The van der Waals surface area contributed by atoms with Crippen LogP contribution < -0.4 is 9.64 Å². The Morgan fingerprint density at radius 1 is 1.10 bits per heavy atom. The number of carbonyl (C=O) groups is 1. The molecule has 0 radical (unpaired) electrons. The van der Waals surface area contributed by atoms with E-state index in [0.717, 1.165) is 29.4 Å². The molecule has 0 bridgehead atoms. The van der Waals surface area contributed by atoms with E-state index in [1.165, 1.54) is 17.4 Å². The van der Waals surface area contributed by atoms with Crippen LogP contribution in [0, 0.1) is 5.82 Å². The predicted octanol–water partition coefficient (Wildman–Crippen LogP) is 3.85. The molecule has 0 aliphatic carbocycles. The Kier molecular flexibility index (Phi) is 5.76. The van der Waals surface area contributed by atoms with Gasteiger partial charge in [0.2, 0.25) is 5.91 Å². The van der Waals surface area contributed by atoms with Gasteiger partial charge in [-0.2, -0.15) is 0 Å². The van der Waals surface area contributed by atoms with Crippen LogP contribution in [0.2, 0.25) is 0 Å². The quantitative estimate of drug-likeness (QED) is 0.640. The molecule has 5 nitrogen and oxygen atoms in total. The molecule has 4 rings (SSSR count). The van der Waals surface area contributed by atoms with E-state index in [0.29, 0.717) is 30.1 Å². The summed E-state index contributed by atoms with van der Waals surface area (Å²) in [4.78, 5) is 22.0. The number of piperazine rings is 1. The van der Waals surface area contributed by atoms with Crippen molar-refractivity contribution in [1.29, 1.82) is 0 Å². The van der Waals surface area contributed by atoms with Crippen molar-refractivity contribution in [2.45, 2.75) is 6.42 Å². The van der Waals surface area contributed by atoms with E-state index in [1.54, 1.807) is 31.5 Å².